The number of methoxy groups -OCH3 is 1. The molecule has 7 heteroatoms. The zero-order chi connectivity index (χ0) is 25.5. The lowest BCUT2D eigenvalue weighted by molar-refractivity contribution is -0.139. The molecule has 2 aromatic carbocycles. The summed E-state index contributed by atoms with van der Waals surface area (Å²) in [6.07, 6.45) is 11.1. The molecule has 3 rings (SSSR count). The molecule has 1 aliphatic rings. The molecule has 0 spiro atoms. The van der Waals surface area contributed by atoms with Crippen LogP contribution in [0.15, 0.2) is 46.9 Å². The predicted molar refractivity (Wildman–Crippen MR) is 143 cm³/mol. The number of carbonyl (C=O) groups is 2. The summed E-state index contributed by atoms with van der Waals surface area (Å²) in [4.78, 5) is 22.3. The number of hydrogen-bond donors (Lipinski definition) is 2. The maximum absolute atomic E-state index is 11.6. The highest BCUT2D eigenvalue weighted by atomic mass is 79.9. The monoisotopic (exact) mass is 547 g/mol. The van der Waals surface area contributed by atoms with Crippen molar-refractivity contribution in [3.63, 3.8) is 0 Å². The summed E-state index contributed by atoms with van der Waals surface area (Å²) >= 11 is 3.38. The highest BCUT2D eigenvalue weighted by Crippen LogP contribution is 2.37. The third kappa shape index (κ3) is 10.3. The lowest BCUT2D eigenvalue weighted by atomic mass is 9.95. The van der Waals surface area contributed by atoms with Gasteiger partial charge < -0.3 is 19.9 Å². The SMILES string of the molecule is CCCCCCCC1CCCCNC1=O.COc1ccc(-c2cccc(Br)c2OCC(=O)O)cc1. The molecule has 1 atom stereocenters. The molecule has 0 bridgehead atoms. The van der Waals surface area contributed by atoms with E-state index in [1.807, 2.05) is 42.5 Å². The van der Waals surface area contributed by atoms with Gasteiger partial charge in [0.2, 0.25) is 5.91 Å². The van der Waals surface area contributed by atoms with Crippen LogP contribution in [0.4, 0.5) is 0 Å². The van der Waals surface area contributed by atoms with Crippen LogP contribution in [0.25, 0.3) is 11.1 Å². The second kappa shape index (κ2) is 16.2. The molecule has 1 fully saturated rings. The Morgan fingerprint density at radius 1 is 1.09 bits per heavy atom. The molecule has 192 valence electrons. The number of halogens is 1. The Morgan fingerprint density at radius 3 is 2.51 bits per heavy atom. The van der Waals surface area contributed by atoms with Crippen molar-refractivity contribution in [1.82, 2.24) is 5.32 Å². The second-order valence-corrected chi connectivity index (χ2v) is 9.57. The third-order valence-electron chi connectivity index (χ3n) is 6.01. The summed E-state index contributed by atoms with van der Waals surface area (Å²) in [6, 6.07) is 13.0. The fourth-order valence-electron chi connectivity index (χ4n) is 4.06. The van der Waals surface area contributed by atoms with E-state index in [1.165, 1.54) is 38.5 Å². The van der Waals surface area contributed by atoms with Crippen LogP contribution in [0.2, 0.25) is 0 Å². The van der Waals surface area contributed by atoms with Gasteiger partial charge in [0, 0.05) is 18.0 Å². The van der Waals surface area contributed by atoms with Crippen LogP contribution < -0.4 is 14.8 Å². The normalized spacial score (nSPS) is 15.3. The number of carbonyl (C=O) groups excluding carboxylic acids is 1. The summed E-state index contributed by atoms with van der Waals surface area (Å²) in [6.45, 7) is 2.75. The first-order chi connectivity index (χ1) is 17.0. The van der Waals surface area contributed by atoms with Crippen molar-refractivity contribution >= 4 is 27.8 Å². The van der Waals surface area contributed by atoms with E-state index in [0.717, 1.165) is 42.7 Å². The van der Waals surface area contributed by atoms with E-state index < -0.39 is 5.97 Å². The van der Waals surface area contributed by atoms with Gasteiger partial charge in [-0.05, 0) is 59.0 Å². The van der Waals surface area contributed by atoms with Crippen molar-refractivity contribution in [3.05, 3.63) is 46.9 Å². The van der Waals surface area contributed by atoms with Gasteiger partial charge in [0.05, 0.1) is 11.6 Å². The van der Waals surface area contributed by atoms with Gasteiger partial charge in [0.15, 0.2) is 6.61 Å². The fraction of sp³-hybridized carbons (Fsp3) is 0.500. The molecular formula is C28H38BrNO5. The van der Waals surface area contributed by atoms with Gasteiger partial charge in [-0.2, -0.15) is 0 Å². The number of unbranched alkanes of at least 4 members (excludes halogenated alkanes) is 4. The third-order valence-corrected chi connectivity index (χ3v) is 6.64. The highest BCUT2D eigenvalue weighted by molar-refractivity contribution is 9.10. The van der Waals surface area contributed by atoms with Crippen LogP contribution in [-0.4, -0.2) is 37.2 Å². The Kier molecular flexibility index (Phi) is 13.3. The number of para-hydroxylation sites is 1. The van der Waals surface area contributed by atoms with Crippen LogP contribution in [0.1, 0.15) is 64.7 Å². The van der Waals surface area contributed by atoms with Crippen molar-refractivity contribution in [1.29, 1.82) is 0 Å². The smallest absolute Gasteiger partial charge is 0.341 e. The Balaban J connectivity index is 0.000000258. The number of ether oxygens (including phenoxy) is 2. The second-order valence-electron chi connectivity index (χ2n) is 8.71. The van der Waals surface area contributed by atoms with Gasteiger partial charge in [0.25, 0.3) is 0 Å². The zero-order valence-corrected chi connectivity index (χ0v) is 22.4. The lowest BCUT2D eigenvalue weighted by Gasteiger charge is -2.12. The quantitative estimate of drug-likeness (QED) is 0.300. The lowest BCUT2D eigenvalue weighted by Crippen LogP contribution is -2.28. The molecule has 1 amide bonds. The van der Waals surface area contributed by atoms with Crippen LogP contribution in [0.5, 0.6) is 11.5 Å². The topological polar surface area (TPSA) is 84.9 Å². The molecular weight excluding hydrogens is 510 g/mol. The summed E-state index contributed by atoms with van der Waals surface area (Å²) in [7, 11) is 1.61. The van der Waals surface area contributed by atoms with E-state index >= 15 is 0 Å². The van der Waals surface area contributed by atoms with E-state index in [2.05, 4.69) is 28.2 Å². The minimum absolute atomic E-state index is 0.308. The number of nitrogens with one attached hydrogen (secondary N) is 1. The Morgan fingerprint density at radius 2 is 1.83 bits per heavy atom. The predicted octanol–water partition coefficient (Wildman–Crippen LogP) is 6.85. The number of benzene rings is 2. The van der Waals surface area contributed by atoms with Crippen LogP contribution in [0.3, 0.4) is 0 Å². The number of hydrogen-bond acceptors (Lipinski definition) is 4. The number of rotatable bonds is 11. The van der Waals surface area contributed by atoms with Crippen molar-refractivity contribution in [2.75, 3.05) is 20.3 Å². The van der Waals surface area contributed by atoms with Gasteiger partial charge in [-0.3, -0.25) is 4.79 Å². The molecule has 2 N–H and O–H groups in total. The molecule has 1 unspecified atom stereocenters. The molecule has 0 radical (unpaired) electrons. The molecule has 0 aliphatic carbocycles. The zero-order valence-electron chi connectivity index (χ0n) is 20.9. The maximum Gasteiger partial charge on any atom is 0.341 e. The van der Waals surface area contributed by atoms with Crippen LogP contribution in [-0.2, 0) is 9.59 Å². The standard InChI is InChI=1S/C15H13BrO4.C13H25NO/c1-19-11-7-5-10(6-8-11)12-3-2-4-13(16)15(12)20-9-14(17)18;1-2-3-4-5-6-9-12-10-7-8-11-14-13(12)15/h2-8H,9H2,1H3,(H,17,18);12H,2-11H2,1H3,(H,14,15). The first-order valence-electron chi connectivity index (χ1n) is 12.5. The summed E-state index contributed by atoms with van der Waals surface area (Å²) in [5.41, 5.74) is 1.75. The molecule has 1 saturated heterocycles. The highest BCUT2D eigenvalue weighted by Gasteiger charge is 2.19. The van der Waals surface area contributed by atoms with E-state index in [-0.39, 0.29) is 6.61 Å². The Bertz CT molecular complexity index is 916. The van der Waals surface area contributed by atoms with E-state index in [1.54, 1.807) is 7.11 Å². The molecule has 0 aromatic heterocycles. The van der Waals surface area contributed by atoms with Crippen LogP contribution >= 0.6 is 15.9 Å². The van der Waals surface area contributed by atoms with Gasteiger partial charge in [-0.1, -0.05) is 69.7 Å². The number of aliphatic carboxylic acids is 1. The Labute approximate surface area is 217 Å². The summed E-state index contributed by atoms with van der Waals surface area (Å²) < 4.78 is 11.2. The fourth-order valence-corrected chi connectivity index (χ4v) is 4.54. The minimum atomic E-state index is -1.01. The van der Waals surface area contributed by atoms with Crippen LogP contribution in [0, 0.1) is 5.92 Å². The van der Waals surface area contributed by atoms with Gasteiger partial charge in [0.1, 0.15) is 11.5 Å². The summed E-state index contributed by atoms with van der Waals surface area (Å²) in [5.74, 6) is 0.885. The number of carboxylic acid groups (broad SMARTS) is 1. The minimum Gasteiger partial charge on any atom is -0.497 e. The first-order valence-corrected chi connectivity index (χ1v) is 13.3. The van der Waals surface area contributed by atoms with Crippen molar-refractivity contribution < 1.29 is 24.2 Å². The average Bonchev–Trinajstić information content (AvgIpc) is 3.07. The molecule has 0 saturated carbocycles. The van der Waals surface area contributed by atoms with E-state index in [9.17, 15) is 9.59 Å². The van der Waals surface area contributed by atoms with Crippen molar-refractivity contribution in [2.45, 2.75) is 64.7 Å². The number of amides is 1. The molecule has 6 nitrogen and oxygen atoms in total. The largest absolute Gasteiger partial charge is 0.497 e. The molecule has 35 heavy (non-hydrogen) atoms. The van der Waals surface area contributed by atoms with E-state index in [4.69, 9.17) is 14.6 Å². The average molecular weight is 549 g/mol. The number of carboxylic acids is 1. The molecule has 1 aliphatic heterocycles. The summed E-state index contributed by atoms with van der Waals surface area (Å²) in [5, 5.41) is 11.7. The van der Waals surface area contributed by atoms with Gasteiger partial charge in [-0.15, -0.1) is 0 Å². The first kappa shape index (κ1) is 28.7. The molecule has 1 heterocycles. The Hall–Kier alpha value is -2.54. The van der Waals surface area contributed by atoms with Gasteiger partial charge >= 0.3 is 5.97 Å². The maximum atomic E-state index is 11.6. The molecule has 2 aromatic rings. The van der Waals surface area contributed by atoms with Crippen molar-refractivity contribution in [3.8, 4) is 22.6 Å². The van der Waals surface area contributed by atoms with Gasteiger partial charge in [-0.25, -0.2) is 4.79 Å². The van der Waals surface area contributed by atoms with Crippen molar-refractivity contribution in [2.24, 2.45) is 5.92 Å². The van der Waals surface area contributed by atoms with E-state index in [0.29, 0.717) is 22.0 Å².